The van der Waals surface area contributed by atoms with Crippen LogP contribution in [-0.4, -0.2) is 51.5 Å². The van der Waals surface area contributed by atoms with Gasteiger partial charge in [-0.3, -0.25) is 4.40 Å². The average molecular weight is 415 g/mol. The number of anilines is 1. The highest BCUT2D eigenvalue weighted by molar-refractivity contribution is 5.85. The number of unbranched alkanes of at least 4 members (excludes halogenated alkanes) is 1. The zero-order valence-corrected chi connectivity index (χ0v) is 18.5. The lowest BCUT2D eigenvalue weighted by molar-refractivity contribution is 0.0527. The van der Waals surface area contributed by atoms with Gasteiger partial charge in [0.15, 0.2) is 5.82 Å². The van der Waals surface area contributed by atoms with E-state index < -0.39 is 11.7 Å². The lowest BCUT2D eigenvalue weighted by atomic mass is 10.2. The van der Waals surface area contributed by atoms with Crippen molar-refractivity contribution >= 4 is 28.6 Å². The number of nitrogens with zero attached hydrogens (tertiary/aromatic N) is 4. The molecule has 0 atom stereocenters. The molecule has 0 spiro atoms. The van der Waals surface area contributed by atoms with Gasteiger partial charge < -0.3 is 20.1 Å². The SMILES string of the molecule is COc1cc2nc(NCCCCNC(=O)OC(C)(C)C)c3nnc(C)n3c2cc1C. The minimum atomic E-state index is -0.490. The number of carbonyl (C=O) groups is 1. The molecule has 0 fully saturated rings. The molecular formula is C21H30N6O3. The Kier molecular flexibility index (Phi) is 6.28. The molecule has 9 heteroatoms. The van der Waals surface area contributed by atoms with Crippen molar-refractivity contribution in [2.24, 2.45) is 0 Å². The molecule has 2 N–H and O–H groups in total. The van der Waals surface area contributed by atoms with Crippen molar-refractivity contribution < 1.29 is 14.3 Å². The first-order valence-corrected chi connectivity index (χ1v) is 10.1. The largest absolute Gasteiger partial charge is 0.496 e. The van der Waals surface area contributed by atoms with Crippen LogP contribution in [0, 0.1) is 13.8 Å². The lowest BCUT2D eigenvalue weighted by Crippen LogP contribution is -2.33. The standard InChI is InChI=1S/C21H30N6O3/c1-13-11-16-15(12-17(13)29-6)24-18(19-26-25-14(2)27(16)19)22-9-7-8-10-23-20(28)30-21(3,4)5/h11-12H,7-10H2,1-6H3,(H,22,24)(H,23,28). The highest BCUT2D eigenvalue weighted by Gasteiger charge is 2.16. The number of aryl methyl sites for hydroxylation is 2. The van der Waals surface area contributed by atoms with Gasteiger partial charge in [-0.25, -0.2) is 9.78 Å². The van der Waals surface area contributed by atoms with Crippen LogP contribution in [0.15, 0.2) is 12.1 Å². The summed E-state index contributed by atoms with van der Waals surface area (Å²) in [6.07, 6.45) is 1.28. The summed E-state index contributed by atoms with van der Waals surface area (Å²) in [6.45, 7) is 10.7. The van der Waals surface area contributed by atoms with Gasteiger partial charge in [-0.15, -0.1) is 10.2 Å². The fourth-order valence-electron chi connectivity index (χ4n) is 3.21. The topological polar surface area (TPSA) is 103 Å². The predicted octanol–water partition coefficient (Wildman–Crippen LogP) is 3.62. The van der Waals surface area contributed by atoms with E-state index in [1.165, 1.54) is 0 Å². The summed E-state index contributed by atoms with van der Waals surface area (Å²) in [7, 11) is 1.65. The number of nitrogens with one attached hydrogen (secondary N) is 2. The molecule has 2 heterocycles. The second kappa shape index (κ2) is 8.73. The zero-order chi connectivity index (χ0) is 21.9. The maximum atomic E-state index is 11.7. The van der Waals surface area contributed by atoms with E-state index in [2.05, 4.69) is 20.8 Å². The molecule has 0 saturated heterocycles. The normalized spacial score (nSPS) is 11.7. The molecule has 3 aromatic rings. The molecule has 30 heavy (non-hydrogen) atoms. The number of ether oxygens (including phenoxy) is 2. The summed E-state index contributed by atoms with van der Waals surface area (Å²) in [5, 5.41) is 14.6. The van der Waals surface area contributed by atoms with Crippen LogP contribution in [0.2, 0.25) is 0 Å². The van der Waals surface area contributed by atoms with Gasteiger partial charge in [0.1, 0.15) is 17.2 Å². The first-order chi connectivity index (χ1) is 14.2. The van der Waals surface area contributed by atoms with Crippen LogP contribution in [0.3, 0.4) is 0 Å². The molecule has 0 aliphatic heterocycles. The molecule has 3 rings (SSSR count). The van der Waals surface area contributed by atoms with Crippen molar-refractivity contribution in [2.75, 3.05) is 25.5 Å². The van der Waals surface area contributed by atoms with E-state index in [9.17, 15) is 4.79 Å². The van der Waals surface area contributed by atoms with E-state index in [0.29, 0.717) is 24.6 Å². The summed E-state index contributed by atoms with van der Waals surface area (Å²) >= 11 is 0. The number of hydrogen-bond acceptors (Lipinski definition) is 7. The number of hydrogen-bond donors (Lipinski definition) is 2. The van der Waals surface area contributed by atoms with E-state index in [4.69, 9.17) is 14.5 Å². The Morgan fingerprint density at radius 2 is 1.87 bits per heavy atom. The molecular weight excluding hydrogens is 384 g/mol. The number of amides is 1. The number of aromatic nitrogens is 4. The fraction of sp³-hybridized carbons (Fsp3) is 0.524. The molecule has 0 aliphatic rings. The van der Waals surface area contributed by atoms with Crippen molar-refractivity contribution in [3.05, 3.63) is 23.5 Å². The molecule has 0 radical (unpaired) electrons. The van der Waals surface area contributed by atoms with Gasteiger partial charge in [-0.2, -0.15) is 0 Å². The van der Waals surface area contributed by atoms with Crippen molar-refractivity contribution in [2.45, 2.75) is 53.1 Å². The van der Waals surface area contributed by atoms with Crippen LogP contribution < -0.4 is 15.4 Å². The quantitative estimate of drug-likeness (QED) is 0.569. The monoisotopic (exact) mass is 414 g/mol. The second-order valence-corrected chi connectivity index (χ2v) is 8.24. The third kappa shape index (κ3) is 4.90. The molecule has 0 bridgehead atoms. The van der Waals surface area contributed by atoms with Crippen molar-refractivity contribution in [3.8, 4) is 5.75 Å². The number of alkyl carbamates (subject to hydrolysis) is 1. The van der Waals surface area contributed by atoms with E-state index >= 15 is 0 Å². The molecule has 1 aromatic carbocycles. The highest BCUT2D eigenvalue weighted by atomic mass is 16.6. The Labute approximate surface area is 176 Å². The van der Waals surface area contributed by atoms with E-state index in [1.54, 1.807) is 7.11 Å². The maximum absolute atomic E-state index is 11.7. The van der Waals surface area contributed by atoms with Gasteiger partial charge in [0.05, 0.1) is 18.1 Å². The smallest absolute Gasteiger partial charge is 0.407 e. The number of benzene rings is 1. The molecule has 2 aromatic heterocycles. The highest BCUT2D eigenvalue weighted by Crippen LogP contribution is 2.27. The summed E-state index contributed by atoms with van der Waals surface area (Å²) in [4.78, 5) is 16.4. The molecule has 0 unspecified atom stereocenters. The maximum Gasteiger partial charge on any atom is 0.407 e. The van der Waals surface area contributed by atoms with Gasteiger partial charge in [0.25, 0.3) is 0 Å². The summed E-state index contributed by atoms with van der Waals surface area (Å²) < 4.78 is 12.7. The van der Waals surface area contributed by atoms with Crippen LogP contribution in [0.25, 0.3) is 16.7 Å². The van der Waals surface area contributed by atoms with Crippen molar-refractivity contribution in [1.29, 1.82) is 0 Å². The Hall–Kier alpha value is -3.10. The van der Waals surface area contributed by atoms with Gasteiger partial charge in [-0.05, 0) is 59.1 Å². The summed E-state index contributed by atoms with van der Waals surface area (Å²) in [5.74, 6) is 2.26. The van der Waals surface area contributed by atoms with Crippen LogP contribution in [0.5, 0.6) is 5.75 Å². The molecule has 9 nitrogen and oxygen atoms in total. The first-order valence-electron chi connectivity index (χ1n) is 10.1. The third-order valence-electron chi connectivity index (χ3n) is 4.57. The van der Waals surface area contributed by atoms with Crippen LogP contribution in [0.4, 0.5) is 10.6 Å². The van der Waals surface area contributed by atoms with E-state index in [1.807, 2.05) is 51.2 Å². The fourth-order valence-corrected chi connectivity index (χ4v) is 3.21. The van der Waals surface area contributed by atoms with E-state index in [-0.39, 0.29) is 0 Å². The minimum Gasteiger partial charge on any atom is -0.496 e. The minimum absolute atomic E-state index is 0.392. The van der Waals surface area contributed by atoms with Crippen LogP contribution in [-0.2, 0) is 4.74 Å². The van der Waals surface area contributed by atoms with Gasteiger partial charge in [-0.1, -0.05) is 0 Å². The van der Waals surface area contributed by atoms with Gasteiger partial charge in [0.2, 0.25) is 5.65 Å². The molecule has 1 amide bonds. The summed E-state index contributed by atoms with van der Waals surface area (Å²) in [5.41, 5.74) is 2.98. The number of carbonyl (C=O) groups excluding carboxylic acids is 1. The van der Waals surface area contributed by atoms with Crippen molar-refractivity contribution in [3.63, 3.8) is 0 Å². The third-order valence-corrected chi connectivity index (χ3v) is 4.57. The van der Waals surface area contributed by atoms with Crippen LogP contribution in [0.1, 0.15) is 45.0 Å². The Bertz CT molecular complexity index is 1050. The Morgan fingerprint density at radius 1 is 1.13 bits per heavy atom. The summed E-state index contributed by atoms with van der Waals surface area (Å²) in [6, 6.07) is 3.97. The lowest BCUT2D eigenvalue weighted by Gasteiger charge is -2.19. The molecule has 162 valence electrons. The zero-order valence-electron chi connectivity index (χ0n) is 18.5. The van der Waals surface area contributed by atoms with Gasteiger partial charge >= 0.3 is 6.09 Å². The number of rotatable bonds is 7. The average Bonchev–Trinajstić information content (AvgIpc) is 3.05. The second-order valence-electron chi connectivity index (χ2n) is 8.24. The molecule has 0 saturated carbocycles. The van der Waals surface area contributed by atoms with Crippen LogP contribution >= 0.6 is 0 Å². The Balaban J connectivity index is 1.66. The van der Waals surface area contributed by atoms with Gasteiger partial charge in [0, 0.05) is 19.2 Å². The molecule has 0 aliphatic carbocycles. The first kappa shape index (κ1) is 21.6. The number of fused-ring (bicyclic) bond motifs is 3. The Morgan fingerprint density at radius 3 is 2.57 bits per heavy atom. The number of methoxy groups -OCH3 is 1. The van der Waals surface area contributed by atoms with Crippen molar-refractivity contribution in [1.82, 2.24) is 24.9 Å². The predicted molar refractivity (Wildman–Crippen MR) is 116 cm³/mol. The van der Waals surface area contributed by atoms with E-state index in [0.717, 1.165) is 41.0 Å².